The van der Waals surface area contributed by atoms with Crippen LogP contribution in [0.1, 0.15) is 41.0 Å². The van der Waals surface area contributed by atoms with Crippen molar-refractivity contribution in [1.29, 1.82) is 0 Å². The number of thiophene rings is 1. The van der Waals surface area contributed by atoms with Gasteiger partial charge in [0.2, 0.25) is 5.91 Å². The highest BCUT2D eigenvalue weighted by Gasteiger charge is 2.15. The molecule has 0 radical (unpaired) electrons. The topological polar surface area (TPSA) is 46.2 Å². The summed E-state index contributed by atoms with van der Waals surface area (Å²) in [7, 11) is 0. The van der Waals surface area contributed by atoms with Gasteiger partial charge in [-0.2, -0.15) is 0 Å². The van der Waals surface area contributed by atoms with Crippen LogP contribution in [0.15, 0.2) is 35.7 Å². The van der Waals surface area contributed by atoms with Crippen molar-refractivity contribution in [2.24, 2.45) is 0 Å². The number of benzene rings is 1. The van der Waals surface area contributed by atoms with Crippen molar-refractivity contribution in [3.63, 3.8) is 0 Å². The van der Waals surface area contributed by atoms with Gasteiger partial charge in [-0.1, -0.05) is 12.1 Å². The number of carbonyl (C=O) groups is 2. The summed E-state index contributed by atoms with van der Waals surface area (Å²) in [6.45, 7) is 1.61. The van der Waals surface area contributed by atoms with E-state index >= 15 is 0 Å². The molecule has 1 heterocycles. The molecule has 0 aliphatic rings. The van der Waals surface area contributed by atoms with Crippen LogP contribution in [0, 0.1) is 11.6 Å². The van der Waals surface area contributed by atoms with Crippen molar-refractivity contribution < 1.29 is 18.4 Å². The van der Waals surface area contributed by atoms with Crippen LogP contribution in [0.3, 0.4) is 0 Å². The maximum atomic E-state index is 13.6. The number of amides is 1. The zero-order valence-corrected chi connectivity index (χ0v) is 12.8. The van der Waals surface area contributed by atoms with Crippen LogP contribution in [0.2, 0.25) is 0 Å². The fourth-order valence-corrected chi connectivity index (χ4v) is 2.73. The Bertz CT molecular complexity index is 671. The Morgan fingerprint density at radius 1 is 1.23 bits per heavy atom. The first-order chi connectivity index (χ1) is 10.5. The molecule has 0 aliphatic heterocycles. The van der Waals surface area contributed by atoms with Crippen molar-refractivity contribution in [2.75, 3.05) is 0 Å². The predicted octanol–water partition coefficient (Wildman–Crippen LogP) is 3.87. The fraction of sp³-hybridized carbons (Fsp3) is 0.250. The number of hydrogen-bond donors (Lipinski definition) is 1. The number of carbonyl (C=O) groups excluding carboxylic acids is 2. The van der Waals surface area contributed by atoms with Crippen LogP contribution in [-0.2, 0) is 4.79 Å². The van der Waals surface area contributed by atoms with E-state index in [0.29, 0.717) is 4.88 Å². The molecule has 0 fully saturated rings. The third-order valence-corrected chi connectivity index (χ3v) is 4.09. The quantitative estimate of drug-likeness (QED) is 0.820. The molecule has 1 N–H and O–H groups in total. The first kappa shape index (κ1) is 16.3. The highest BCUT2D eigenvalue weighted by molar-refractivity contribution is 7.12. The Kier molecular flexibility index (Phi) is 5.38. The Morgan fingerprint density at radius 2 is 2.00 bits per heavy atom. The lowest BCUT2D eigenvalue weighted by atomic mass is 10.1. The summed E-state index contributed by atoms with van der Waals surface area (Å²) in [5.74, 6) is -1.81. The summed E-state index contributed by atoms with van der Waals surface area (Å²) >= 11 is 1.33. The van der Waals surface area contributed by atoms with E-state index in [1.807, 2.05) is 0 Å². The van der Waals surface area contributed by atoms with Crippen LogP contribution in [0.25, 0.3) is 0 Å². The van der Waals surface area contributed by atoms with Crippen LogP contribution in [0.4, 0.5) is 8.78 Å². The monoisotopic (exact) mass is 323 g/mol. The molecule has 0 aliphatic carbocycles. The van der Waals surface area contributed by atoms with E-state index in [1.54, 1.807) is 24.4 Å². The second kappa shape index (κ2) is 7.26. The van der Waals surface area contributed by atoms with Gasteiger partial charge in [-0.05, 0) is 24.4 Å². The lowest BCUT2D eigenvalue weighted by Gasteiger charge is -2.15. The number of ketones is 1. The van der Waals surface area contributed by atoms with Gasteiger partial charge in [0.05, 0.1) is 10.9 Å². The minimum Gasteiger partial charge on any atom is -0.349 e. The SMILES string of the molecule is C[C@@H](NC(=O)CCC(=O)c1cccs1)c1ccc(F)cc1F. The number of halogens is 2. The average molecular weight is 323 g/mol. The standard InChI is InChI=1S/C16H15F2NO2S/c1-10(12-5-4-11(17)9-13(12)18)19-16(21)7-6-14(20)15-3-2-8-22-15/h2-5,8-10H,6-7H2,1H3,(H,19,21)/t10-/m1/s1. The molecule has 1 amide bonds. The van der Waals surface area contributed by atoms with Gasteiger partial charge in [0.15, 0.2) is 5.78 Å². The Hall–Kier alpha value is -2.08. The minimum absolute atomic E-state index is 0.0316. The molecule has 1 aromatic carbocycles. The van der Waals surface area contributed by atoms with Crippen LogP contribution in [0.5, 0.6) is 0 Å². The molecule has 0 bridgehead atoms. The molecule has 2 rings (SSSR count). The third kappa shape index (κ3) is 4.21. The first-order valence-electron chi connectivity index (χ1n) is 6.78. The van der Waals surface area contributed by atoms with E-state index in [-0.39, 0.29) is 30.1 Å². The van der Waals surface area contributed by atoms with Gasteiger partial charge in [0.25, 0.3) is 0 Å². The Labute approximate surface area is 131 Å². The van der Waals surface area contributed by atoms with Crippen molar-refractivity contribution in [3.8, 4) is 0 Å². The van der Waals surface area contributed by atoms with E-state index in [0.717, 1.165) is 12.1 Å². The van der Waals surface area contributed by atoms with Gasteiger partial charge in [0.1, 0.15) is 11.6 Å². The van der Waals surface area contributed by atoms with Gasteiger partial charge in [-0.3, -0.25) is 9.59 Å². The summed E-state index contributed by atoms with van der Waals surface area (Å²) in [6, 6.07) is 6.11. The Morgan fingerprint density at radius 3 is 2.64 bits per heavy atom. The molecule has 2 aromatic rings. The maximum absolute atomic E-state index is 13.6. The molecule has 1 aromatic heterocycles. The third-order valence-electron chi connectivity index (χ3n) is 3.18. The molecule has 0 saturated heterocycles. The maximum Gasteiger partial charge on any atom is 0.220 e. The molecule has 3 nitrogen and oxygen atoms in total. The second-order valence-corrected chi connectivity index (χ2v) is 5.80. The van der Waals surface area contributed by atoms with Gasteiger partial charge < -0.3 is 5.32 Å². The van der Waals surface area contributed by atoms with Crippen molar-refractivity contribution in [1.82, 2.24) is 5.32 Å². The lowest BCUT2D eigenvalue weighted by Crippen LogP contribution is -2.27. The zero-order valence-electron chi connectivity index (χ0n) is 11.9. The molecule has 0 saturated carbocycles. The summed E-state index contributed by atoms with van der Waals surface area (Å²) in [5, 5.41) is 4.41. The fourth-order valence-electron chi connectivity index (χ4n) is 2.03. The normalized spacial score (nSPS) is 12.0. The van der Waals surface area contributed by atoms with Gasteiger partial charge in [-0.25, -0.2) is 8.78 Å². The van der Waals surface area contributed by atoms with Crippen molar-refractivity contribution in [3.05, 3.63) is 57.8 Å². The largest absolute Gasteiger partial charge is 0.349 e. The van der Waals surface area contributed by atoms with E-state index in [1.165, 1.54) is 17.4 Å². The molecule has 22 heavy (non-hydrogen) atoms. The molecular weight excluding hydrogens is 308 g/mol. The summed E-state index contributed by atoms with van der Waals surface area (Å²) < 4.78 is 26.5. The van der Waals surface area contributed by atoms with Crippen LogP contribution < -0.4 is 5.32 Å². The van der Waals surface area contributed by atoms with Gasteiger partial charge in [0, 0.05) is 24.5 Å². The van der Waals surface area contributed by atoms with Crippen molar-refractivity contribution in [2.45, 2.75) is 25.8 Å². The predicted molar refractivity (Wildman–Crippen MR) is 80.8 cm³/mol. The first-order valence-corrected chi connectivity index (χ1v) is 7.66. The second-order valence-electron chi connectivity index (χ2n) is 4.86. The van der Waals surface area contributed by atoms with Gasteiger partial charge in [-0.15, -0.1) is 11.3 Å². The van der Waals surface area contributed by atoms with E-state index in [9.17, 15) is 18.4 Å². The van der Waals surface area contributed by atoms with E-state index < -0.39 is 17.7 Å². The number of rotatable bonds is 6. The van der Waals surface area contributed by atoms with Crippen molar-refractivity contribution >= 4 is 23.0 Å². The summed E-state index contributed by atoms with van der Waals surface area (Å²) in [4.78, 5) is 24.2. The van der Waals surface area contributed by atoms with Gasteiger partial charge >= 0.3 is 0 Å². The van der Waals surface area contributed by atoms with Crippen LogP contribution in [-0.4, -0.2) is 11.7 Å². The summed E-state index contributed by atoms with van der Waals surface area (Å²) in [6.07, 6.45) is 0.134. The van der Waals surface area contributed by atoms with E-state index in [4.69, 9.17) is 0 Å². The highest BCUT2D eigenvalue weighted by atomic mass is 32.1. The molecule has 0 spiro atoms. The molecule has 0 unspecified atom stereocenters. The Balaban J connectivity index is 1.87. The molecule has 116 valence electrons. The minimum atomic E-state index is -0.706. The van der Waals surface area contributed by atoms with E-state index in [2.05, 4.69) is 5.32 Å². The lowest BCUT2D eigenvalue weighted by molar-refractivity contribution is -0.121. The number of hydrogen-bond acceptors (Lipinski definition) is 3. The molecule has 6 heteroatoms. The molecular formula is C16H15F2NO2S. The average Bonchev–Trinajstić information content (AvgIpc) is 2.98. The zero-order chi connectivity index (χ0) is 16.1. The van der Waals surface area contributed by atoms with Crippen LogP contribution >= 0.6 is 11.3 Å². The number of nitrogens with one attached hydrogen (secondary N) is 1. The highest BCUT2D eigenvalue weighted by Crippen LogP contribution is 2.18. The summed E-state index contributed by atoms with van der Waals surface area (Å²) in [5.41, 5.74) is 0.208. The number of Topliss-reactive ketones (excluding diaryl/α,β-unsaturated/α-hetero) is 1. The smallest absolute Gasteiger partial charge is 0.220 e. The molecule has 1 atom stereocenters.